The molecule has 0 unspecified atom stereocenters. The van der Waals surface area contributed by atoms with Crippen LogP contribution in [0.15, 0.2) is 35.7 Å². The van der Waals surface area contributed by atoms with Crippen molar-refractivity contribution in [1.82, 2.24) is 9.80 Å². The van der Waals surface area contributed by atoms with Gasteiger partial charge in [0.25, 0.3) is 11.8 Å². The van der Waals surface area contributed by atoms with Crippen LogP contribution in [0.4, 0.5) is 0 Å². The molecule has 1 aliphatic heterocycles. The number of carbonyl (C=O) groups is 3. The zero-order valence-corrected chi connectivity index (χ0v) is 20.1. The van der Waals surface area contributed by atoms with Gasteiger partial charge in [0.15, 0.2) is 18.1 Å². The molecular formula is C24H30N2O6S. The average molecular weight is 475 g/mol. The molecule has 0 spiro atoms. The lowest BCUT2D eigenvalue weighted by Crippen LogP contribution is -2.51. The maximum atomic E-state index is 12.5. The summed E-state index contributed by atoms with van der Waals surface area (Å²) in [5, 5.41) is 1.87. The molecule has 0 saturated carbocycles. The Morgan fingerprint density at radius 2 is 1.76 bits per heavy atom. The number of carbonyl (C=O) groups excluding carboxylic acids is 3. The van der Waals surface area contributed by atoms with Crippen molar-refractivity contribution in [1.29, 1.82) is 0 Å². The molecule has 8 nitrogen and oxygen atoms in total. The van der Waals surface area contributed by atoms with Crippen molar-refractivity contribution >= 4 is 29.1 Å². The highest BCUT2D eigenvalue weighted by Crippen LogP contribution is 2.28. The van der Waals surface area contributed by atoms with Crippen molar-refractivity contribution in [3.05, 3.63) is 46.2 Å². The summed E-state index contributed by atoms with van der Waals surface area (Å²) in [6.45, 7) is 6.15. The van der Waals surface area contributed by atoms with E-state index in [1.807, 2.05) is 11.4 Å². The molecule has 0 radical (unpaired) electrons. The van der Waals surface area contributed by atoms with Crippen molar-refractivity contribution in [2.45, 2.75) is 20.3 Å². The van der Waals surface area contributed by atoms with Crippen LogP contribution in [0.1, 0.15) is 40.3 Å². The Kier molecular flexibility index (Phi) is 8.71. The van der Waals surface area contributed by atoms with Crippen molar-refractivity contribution in [2.75, 3.05) is 46.5 Å². The Hall–Kier alpha value is -3.07. The van der Waals surface area contributed by atoms with Crippen LogP contribution in [0.5, 0.6) is 11.5 Å². The number of piperazine rings is 1. The second-order valence-corrected chi connectivity index (χ2v) is 9.07. The molecular weight excluding hydrogens is 444 g/mol. The Morgan fingerprint density at radius 3 is 2.39 bits per heavy atom. The van der Waals surface area contributed by atoms with Gasteiger partial charge in [0.1, 0.15) is 0 Å². The van der Waals surface area contributed by atoms with Gasteiger partial charge < -0.3 is 24.0 Å². The summed E-state index contributed by atoms with van der Waals surface area (Å²) in [4.78, 5) is 41.4. The quantitative estimate of drug-likeness (QED) is 0.519. The molecule has 0 N–H and O–H groups in total. The molecule has 1 aromatic heterocycles. The van der Waals surface area contributed by atoms with Crippen molar-refractivity contribution in [3.8, 4) is 11.5 Å². The van der Waals surface area contributed by atoms with Gasteiger partial charge >= 0.3 is 5.97 Å². The number of rotatable bonds is 9. The van der Waals surface area contributed by atoms with E-state index in [0.717, 1.165) is 6.42 Å². The molecule has 0 atom stereocenters. The maximum absolute atomic E-state index is 12.5. The minimum absolute atomic E-state index is 0.0193. The highest BCUT2D eigenvalue weighted by Gasteiger charge is 2.26. The van der Waals surface area contributed by atoms with E-state index in [4.69, 9.17) is 14.2 Å². The summed E-state index contributed by atoms with van der Waals surface area (Å²) in [5.41, 5.74) is 0.280. The van der Waals surface area contributed by atoms with Gasteiger partial charge in [0.2, 0.25) is 0 Å². The molecule has 1 aromatic carbocycles. The van der Waals surface area contributed by atoms with Crippen LogP contribution < -0.4 is 9.47 Å². The van der Waals surface area contributed by atoms with E-state index in [1.54, 1.807) is 34.1 Å². The Balaban J connectivity index is 1.47. The molecule has 2 heterocycles. The van der Waals surface area contributed by atoms with Crippen LogP contribution in [-0.4, -0.2) is 74.1 Å². The Morgan fingerprint density at radius 1 is 1.03 bits per heavy atom. The second-order valence-electron chi connectivity index (χ2n) is 8.12. The molecule has 1 saturated heterocycles. The molecule has 0 bridgehead atoms. The lowest BCUT2D eigenvalue weighted by Gasteiger charge is -2.34. The highest BCUT2D eigenvalue weighted by atomic mass is 32.1. The van der Waals surface area contributed by atoms with Gasteiger partial charge in [-0.3, -0.25) is 9.59 Å². The van der Waals surface area contributed by atoms with Crippen LogP contribution >= 0.6 is 11.3 Å². The molecule has 9 heteroatoms. The first-order valence-corrected chi connectivity index (χ1v) is 11.9. The van der Waals surface area contributed by atoms with E-state index >= 15 is 0 Å². The van der Waals surface area contributed by atoms with Crippen LogP contribution in [0.2, 0.25) is 0 Å². The summed E-state index contributed by atoms with van der Waals surface area (Å²) in [6, 6.07) is 8.45. The molecule has 3 rings (SSSR count). The summed E-state index contributed by atoms with van der Waals surface area (Å²) < 4.78 is 16.3. The SMILES string of the molecule is COc1cc(C(=O)OCC(=O)N2CCN(C(=O)c3cccs3)CC2)ccc1OCCC(C)C. The molecule has 1 fully saturated rings. The maximum Gasteiger partial charge on any atom is 0.338 e. The predicted molar refractivity (Wildman–Crippen MR) is 125 cm³/mol. The van der Waals surface area contributed by atoms with Gasteiger partial charge in [-0.15, -0.1) is 11.3 Å². The van der Waals surface area contributed by atoms with Gasteiger partial charge in [-0.2, -0.15) is 0 Å². The molecule has 33 heavy (non-hydrogen) atoms. The topological polar surface area (TPSA) is 85.4 Å². The summed E-state index contributed by atoms with van der Waals surface area (Å²) in [7, 11) is 1.51. The van der Waals surface area contributed by atoms with E-state index in [2.05, 4.69) is 13.8 Å². The largest absolute Gasteiger partial charge is 0.493 e. The van der Waals surface area contributed by atoms with Gasteiger partial charge in [0.05, 0.1) is 24.2 Å². The number of hydrogen-bond acceptors (Lipinski definition) is 7. The van der Waals surface area contributed by atoms with E-state index in [0.29, 0.717) is 55.1 Å². The first-order chi connectivity index (χ1) is 15.9. The minimum atomic E-state index is -0.609. The van der Waals surface area contributed by atoms with Crippen molar-refractivity contribution in [3.63, 3.8) is 0 Å². The van der Waals surface area contributed by atoms with Gasteiger partial charge in [-0.25, -0.2) is 4.79 Å². The minimum Gasteiger partial charge on any atom is -0.493 e. The van der Waals surface area contributed by atoms with E-state index in [-0.39, 0.29) is 24.0 Å². The number of nitrogens with zero attached hydrogens (tertiary/aromatic N) is 2. The van der Waals surface area contributed by atoms with E-state index in [1.165, 1.54) is 18.4 Å². The molecule has 2 aromatic rings. The normalized spacial score (nSPS) is 13.7. The third kappa shape index (κ3) is 6.71. The Bertz CT molecular complexity index is 952. The zero-order valence-electron chi connectivity index (χ0n) is 19.2. The first kappa shape index (κ1) is 24.6. The van der Waals surface area contributed by atoms with Crippen LogP contribution in [0.3, 0.4) is 0 Å². The van der Waals surface area contributed by atoms with Crippen LogP contribution in [0, 0.1) is 5.92 Å². The van der Waals surface area contributed by atoms with Crippen molar-refractivity contribution in [2.24, 2.45) is 5.92 Å². The molecule has 0 aliphatic carbocycles. The fraction of sp³-hybridized carbons (Fsp3) is 0.458. The summed E-state index contributed by atoms with van der Waals surface area (Å²) in [6.07, 6.45) is 0.908. The number of thiophene rings is 1. The predicted octanol–water partition coefficient (Wildman–Crippen LogP) is 3.32. The number of amides is 2. The number of benzene rings is 1. The third-order valence-electron chi connectivity index (χ3n) is 5.33. The number of methoxy groups -OCH3 is 1. The zero-order chi connectivity index (χ0) is 23.8. The molecule has 1 aliphatic rings. The van der Waals surface area contributed by atoms with E-state index < -0.39 is 5.97 Å². The number of esters is 1. The van der Waals surface area contributed by atoms with Crippen LogP contribution in [0.25, 0.3) is 0 Å². The molecule has 178 valence electrons. The van der Waals surface area contributed by atoms with Gasteiger partial charge in [-0.1, -0.05) is 19.9 Å². The average Bonchev–Trinajstić information content (AvgIpc) is 3.37. The first-order valence-electron chi connectivity index (χ1n) is 11.0. The number of ether oxygens (including phenoxy) is 3. The van der Waals surface area contributed by atoms with Crippen LogP contribution in [-0.2, 0) is 9.53 Å². The standard InChI is InChI=1S/C24H30N2O6S/c1-17(2)8-13-31-19-7-6-18(15-20(19)30-3)24(29)32-16-22(27)25-9-11-26(12-10-25)23(28)21-5-4-14-33-21/h4-7,14-15,17H,8-13,16H2,1-3H3. The highest BCUT2D eigenvalue weighted by molar-refractivity contribution is 7.12. The fourth-order valence-electron chi connectivity index (χ4n) is 3.34. The van der Waals surface area contributed by atoms with Crippen molar-refractivity contribution < 1.29 is 28.6 Å². The smallest absolute Gasteiger partial charge is 0.338 e. The monoisotopic (exact) mass is 474 g/mol. The fourth-order valence-corrected chi connectivity index (χ4v) is 4.03. The molecule has 2 amide bonds. The number of hydrogen-bond donors (Lipinski definition) is 0. The summed E-state index contributed by atoms with van der Waals surface area (Å²) in [5.74, 6) is 0.599. The third-order valence-corrected chi connectivity index (χ3v) is 6.19. The van der Waals surface area contributed by atoms with Gasteiger partial charge in [-0.05, 0) is 42.0 Å². The summed E-state index contributed by atoms with van der Waals surface area (Å²) >= 11 is 1.40. The van der Waals surface area contributed by atoms with Gasteiger partial charge in [0, 0.05) is 26.2 Å². The Labute approximate surface area is 198 Å². The second kappa shape index (κ2) is 11.7. The van der Waals surface area contributed by atoms with E-state index in [9.17, 15) is 14.4 Å². The lowest BCUT2D eigenvalue weighted by molar-refractivity contribution is -0.136. The lowest BCUT2D eigenvalue weighted by atomic mass is 10.1.